The average molecular weight is 445 g/mol. The summed E-state index contributed by atoms with van der Waals surface area (Å²) in [7, 11) is 0. The molecule has 0 aromatic heterocycles. The first-order valence-electron chi connectivity index (χ1n) is 9.10. The van der Waals surface area contributed by atoms with Gasteiger partial charge in [0, 0.05) is 43.0 Å². The summed E-state index contributed by atoms with van der Waals surface area (Å²) >= 11 is 0. The van der Waals surface area contributed by atoms with Crippen LogP contribution in [0.2, 0.25) is 0 Å². The van der Waals surface area contributed by atoms with Gasteiger partial charge in [-0.3, -0.25) is 9.59 Å². The van der Waals surface area contributed by atoms with Gasteiger partial charge in [0.25, 0.3) is 5.91 Å². The summed E-state index contributed by atoms with van der Waals surface area (Å²) in [5.74, 6) is -1.48. The number of nitrogens with two attached hydrogens (primary N) is 1. The Hall–Kier alpha value is -3.24. The van der Waals surface area contributed by atoms with Crippen molar-refractivity contribution in [2.24, 2.45) is 5.73 Å². The zero-order valence-electron chi connectivity index (χ0n) is 15.9. The summed E-state index contributed by atoms with van der Waals surface area (Å²) in [4.78, 5) is 26.9. The molecule has 0 bridgehead atoms. The van der Waals surface area contributed by atoms with Gasteiger partial charge in [0.1, 0.15) is 0 Å². The summed E-state index contributed by atoms with van der Waals surface area (Å²) in [6.45, 7) is 0.835. The van der Waals surface area contributed by atoms with Gasteiger partial charge in [-0.2, -0.15) is 26.3 Å². The molecule has 0 spiro atoms. The fraction of sp³-hybridized carbons (Fsp3) is 0.300. The minimum Gasteiger partial charge on any atom is -0.368 e. The van der Waals surface area contributed by atoms with E-state index in [-0.39, 0.29) is 19.2 Å². The molecule has 0 radical (unpaired) electrons. The van der Waals surface area contributed by atoms with Gasteiger partial charge in [-0.1, -0.05) is 0 Å². The monoisotopic (exact) mass is 445 g/mol. The summed E-state index contributed by atoms with van der Waals surface area (Å²) < 4.78 is 78.2. The van der Waals surface area contributed by atoms with Crippen molar-refractivity contribution in [2.45, 2.75) is 12.4 Å². The molecular weight excluding hydrogens is 428 g/mol. The van der Waals surface area contributed by atoms with Crippen LogP contribution < -0.4 is 10.6 Å². The van der Waals surface area contributed by atoms with Crippen molar-refractivity contribution in [3.05, 3.63) is 64.7 Å². The molecule has 5 nitrogen and oxygen atoms in total. The molecule has 1 aliphatic heterocycles. The second kappa shape index (κ2) is 8.12. The zero-order valence-corrected chi connectivity index (χ0v) is 15.9. The van der Waals surface area contributed by atoms with Crippen molar-refractivity contribution >= 4 is 17.5 Å². The molecule has 2 N–H and O–H groups in total. The number of hydrogen-bond acceptors (Lipinski definition) is 3. The number of alkyl halides is 6. The second-order valence-electron chi connectivity index (χ2n) is 6.98. The van der Waals surface area contributed by atoms with Crippen LogP contribution in [0.15, 0.2) is 42.5 Å². The topological polar surface area (TPSA) is 66.6 Å². The molecule has 3 rings (SSSR count). The number of halogens is 6. The molecule has 0 aliphatic carbocycles. The van der Waals surface area contributed by atoms with Gasteiger partial charge in [-0.05, 0) is 42.5 Å². The molecule has 1 aliphatic rings. The Morgan fingerprint density at radius 1 is 0.742 bits per heavy atom. The SMILES string of the molecule is NC(=O)c1ccc(N2CCN(C(=O)c3cc(C(F)(F)F)cc(C(F)(F)F)c3)CC2)cc1. The van der Waals surface area contributed by atoms with E-state index in [1.165, 1.54) is 17.0 Å². The van der Waals surface area contributed by atoms with Crippen LogP contribution in [0.3, 0.4) is 0 Å². The van der Waals surface area contributed by atoms with Crippen LogP contribution in [0.25, 0.3) is 0 Å². The average Bonchev–Trinajstić information content (AvgIpc) is 2.72. The van der Waals surface area contributed by atoms with E-state index in [9.17, 15) is 35.9 Å². The van der Waals surface area contributed by atoms with Gasteiger partial charge in [0.15, 0.2) is 0 Å². The highest BCUT2D eigenvalue weighted by Crippen LogP contribution is 2.36. The number of nitrogens with zero attached hydrogens (tertiary/aromatic N) is 2. The van der Waals surface area contributed by atoms with Crippen molar-refractivity contribution in [1.29, 1.82) is 0 Å². The molecule has 1 saturated heterocycles. The number of primary amides is 1. The number of hydrogen-bond donors (Lipinski definition) is 1. The van der Waals surface area contributed by atoms with E-state index in [1.807, 2.05) is 4.90 Å². The Kier molecular flexibility index (Phi) is 5.88. The van der Waals surface area contributed by atoms with Crippen molar-refractivity contribution in [2.75, 3.05) is 31.1 Å². The third kappa shape index (κ3) is 5.09. The third-order valence-corrected chi connectivity index (χ3v) is 4.92. The van der Waals surface area contributed by atoms with Crippen molar-refractivity contribution < 1.29 is 35.9 Å². The first-order chi connectivity index (χ1) is 14.4. The number of carbonyl (C=O) groups excluding carboxylic acids is 2. The van der Waals surface area contributed by atoms with Crippen molar-refractivity contribution in [1.82, 2.24) is 4.90 Å². The lowest BCUT2D eigenvalue weighted by Gasteiger charge is -2.36. The van der Waals surface area contributed by atoms with Crippen molar-refractivity contribution in [3.8, 4) is 0 Å². The Bertz CT molecular complexity index is 946. The molecular formula is C20H17F6N3O2. The first kappa shape index (κ1) is 22.4. The lowest BCUT2D eigenvalue weighted by atomic mass is 10.0. The van der Waals surface area contributed by atoms with E-state index in [2.05, 4.69) is 0 Å². The minimum atomic E-state index is -5.02. The largest absolute Gasteiger partial charge is 0.416 e. The molecule has 2 aromatic rings. The molecule has 166 valence electrons. The number of carbonyl (C=O) groups is 2. The van der Waals surface area contributed by atoms with E-state index in [0.717, 1.165) is 5.69 Å². The maximum atomic E-state index is 13.0. The number of amides is 2. The third-order valence-electron chi connectivity index (χ3n) is 4.92. The van der Waals surface area contributed by atoms with Gasteiger partial charge in [0.2, 0.25) is 5.91 Å². The molecule has 1 heterocycles. The molecule has 0 unspecified atom stereocenters. The lowest BCUT2D eigenvalue weighted by Crippen LogP contribution is -2.48. The van der Waals surface area contributed by atoms with Crippen molar-refractivity contribution in [3.63, 3.8) is 0 Å². The Morgan fingerprint density at radius 2 is 1.23 bits per heavy atom. The van der Waals surface area contributed by atoms with Crippen LogP contribution in [0.4, 0.5) is 32.0 Å². The number of rotatable bonds is 3. The molecule has 2 amide bonds. The van der Waals surface area contributed by atoms with Gasteiger partial charge in [-0.15, -0.1) is 0 Å². The molecule has 1 fully saturated rings. The Morgan fingerprint density at radius 3 is 1.65 bits per heavy atom. The Balaban J connectivity index is 1.76. The predicted molar refractivity (Wildman–Crippen MR) is 99.5 cm³/mol. The number of anilines is 1. The second-order valence-corrected chi connectivity index (χ2v) is 6.98. The number of piperazine rings is 1. The highest BCUT2D eigenvalue weighted by Gasteiger charge is 2.38. The fourth-order valence-corrected chi connectivity index (χ4v) is 3.27. The maximum absolute atomic E-state index is 13.0. The highest BCUT2D eigenvalue weighted by atomic mass is 19.4. The summed E-state index contributed by atoms with van der Waals surface area (Å²) in [6, 6.07) is 7.27. The highest BCUT2D eigenvalue weighted by molar-refractivity contribution is 5.95. The standard InChI is InChI=1S/C20H17F6N3O2/c21-19(22,23)14-9-13(10-15(11-14)20(24,25)26)18(31)29-7-5-28(6-8-29)16-3-1-12(2-4-16)17(27)30/h1-4,9-11H,5-8H2,(H2,27,30). The molecule has 0 saturated carbocycles. The molecule has 11 heteroatoms. The molecule has 0 atom stereocenters. The summed E-state index contributed by atoms with van der Waals surface area (Å²) in [6.07, 6.45) is -10.0. The summed E-state index contributed by atoms with van der Waals surface area (Å²) in [5.41, 5.74) is 2.53. The predicted octanol–water partition coefficient (Wildman–Crippen LogP) is 3.79. The minimum absolute atomic E-state index is 0.00946. The number of benzene rings is 2. The Labute approximate surface area is 173 Å². The van der Waals surface area contributed by atoms with Crippen LogP contribution >= 0.6 is 0 Å². The van der Waals surface area contributed by atoms with E-state index in [4.69, 9.17) is 5.73 Å². The molecule has 2 aromatic carbocycles. The fourth-order valence-electron chi connectivity index (χ4n) is 3.27. The van der Waals surface area contributed by atoms with Crippen LogP contribution in [-0.2, 0) is 12.4 Å². The summed E-state index contributed by atoms with van der Waals surface area (Å²) in [5, 5.41) is 0. The normalized spacial score (nSPS) is 15.2. The van der Waals surface area contributed by atoms with E-state index in [1.54, 1.807) is 12.1 Å². The van der Waals surface area contributed by atoms with Gasteiger partial charge >= 0.3 is 12.4 Å². The van der Waals surface area contributed by atoms with E-state index < -0.39 is 40.9 Å². The zero-order chi connectivity index (χ0) is 23.0. The van der Waals surface area contributed by atoms with Crippen LogP contribution in [0.5, 0.6) is 0 Å². The first-order valence-corrected chi connectivity index (χ1v) is 9.10. The van der Waals surface area contributed by atoms with E-state index in [0.29, 0.717) is 30.8 Å². The van der Waals surface area contributed by atoms with Gasteiger partial charge < -0.3 is 15.5 Å². The van der Waals surface area contributed by atoms with Gasteiger partial charge in [0.05, 0.1) is 11.1 Å². The smallest absolute Gasteiger partial charge is 0.368 e. The van der Waals surface area contributed by atoms with Crippen LogP contribution in [0.1, 0.15) is 31.8 Å². The van der Waals surface area contributed by atoms with E-state index >= 15 is 0 Å². The maximum Gasteiger partial charge on any atom is 0.416 e. The lowest BCUT2D eigenvalue weighted by molar-refractivity contribution is -0.143. The van der Waals surface area contributed by atoms with Crippen LogP contribution in [-0.4, -0.2) is 42.9 Å². The van der Waals surface area contributed by atoms with Crippen LogP contribution in [0, 0.1) is 0 Å². The van der Waals surface area contributed by atoms with Gasteiger partial charge in [-0.25, -0.2) is 0 Å². The quantitative estimate of drug-likeness (QED) is 0.732. The molecule has 31 heavy (non-hydrogen) atoms.